The maximum Gasteiger partial charge on any atom is 0.326 e. The number of nitrogens with zero attached hydrogens (tertiary/aromatic N) is 3. The largest absolute Gasteiger partial charge is 0.336 e. The molecule has 0 radical (unpaired) electrons. The summed E-state index contributed by atoms with van der Waals surface area (Å²) in [6.45, 7) is 3.85. The normalized spacial score (nSPS) is 10.6. The summed E-state index contributed by atoms with van der Waals surface area (Å²) in [5, 5.41) is 11.4. The van der Waals surface area contributed by atoms with Crippen LogP contribution in [0, 0.1) is 16.7 Å². The highest BCUT2D eigenvalue weighted by Gasteiger charge is 2.17. The molecule has 1 aromatic heterocycles. The molecule has 0 aromatic carbocycles. The zero-order chi connectivity index (χ0) is 10.6. The zero-order valence-electron chi connectivity index (χ0n) is 8.19. The third-order valence-electron chi connectivity index (χ3n) is 1.72. The van der Waals surface area contributed by atoms with Crippen LogP contribution in [0.25, 0.3) is 0 Å². The van der Waals surface area contributed by atoms with Gasteiger partial charge in [-0.2, -0.15) is 5.26 Å². The predicted octanol–water partition coefficient (Wildman–Crippen LogP) is 0.991. The third-order valence-corrected chi connectivity index (χ3v) is 1.72. The lowest BCUT2D eigenvalue weighted by molar-refractivity contribution is 0.239. The molecule has 74 valence electrons. The van der Waals surface area contributed by atoms with E-state index in [0.29, 0.717) is 6.54 Å². The lowest BCUT2D eigenvalue weighted by Crippen LogP contribution is -2.35. The van der Waals surface area contributed by atoms with Gasteiger partial charge in [-0.15, -0.1) is 0 Å². The standard InChI is InChI=1S/C9H12N4O/c1-9(2,5-10)6-12-8(14)13-4-3-11-7-13/h3-4,7H,6H2,1-2H3,(H,12,14). The van der Waals surface area contributed by atoms with Crippen molar-refractivity contribution < 1.29 is 4.79 Å². The molecule has 1 N–H and O–H groups in total. The molecule has 0 saturated heterocycles. The molecule has 0 aliphatic carbocycles. The first-order valence-electron chi connectivity index (χ1n) is 4.22. The van der Waals surface area contributed by atoms with Gasteiger partial charge in [0.05, 0.1) is 11.5 Å². The molecule has 1 aromatic rings. The second-order valence-electron chi connectivity index (χ2n) is 3.62. The van der Waals surface area contributed by atoms with Crippen molar-refractivity contribution in [2.24, 2.45) is 5.41 Å². The number of nitrogens with one attached hydrogen (secondary N) is 1. The highest BCUT2D eigenvalue weighted by molar-refractivity contribution is 5.76. The van der Waals surface area contributed by atoms with Gasteiger partial charge in [0.15, 0.2) is 0 Å². The van der Waals surface area contributed by atoms with E-state index in [4.69, 9.17) is 5.26 Å². The quantitative estimate of drug-likeness (QED) is 0.759. The molecule has 0 fully saturated rings. The van der Waals surface area contributed by atoms with Crippen LogP contribution in [-0.2, 0) is 0 Å². The smallest absolute Gasteiger partial charge is 0.326 e. The van der Waals surface area contributed by atoms with Crippen LogP contribution >= 0.6 is 0 Å². The number of imidazole rings is 1. The summed E-state index contributed by atoms with van der Waals surface area (Å²) in [4.78, 5) is 15.1. The first kappa shape index (κ1) is 10.3. The van der Waals surface area contributed by atoms with Gasteiger partial charge in [-0.25, -0.2) is 9.78 Å². The molecule has 14 heavy (non-hydrogen) atoms. The molecule has 1 rings (SSSR count). The number of aromatic nitrogens is 2. The molecule has 0 bridgehead atoms. The minimum atomic E-state index is -0.545. The summed E-state index contributed by atoms with van der Waals surface area (Å²) >= 11 is 0. The van der Waals surface area contributed by atoms with Crippen molar-refractivity contribution in [2.45, 2.75) is 13.8 Å². The summed E-state index contributed by atoms with van der Waals surface area (Å²) in [6.07, 6.45) is 4.48. The average Bonchev–Trinajstić information content (AvgIpc) is 2.67. The fourth-order valence-corrected chi connectivity index (χ4v) is 0.807. The second kappa shape index (κ2) is 3.92. The predicted molar refractivity (Wildman–Crippen MR) is 50.4 cm³/mol. The van der Waals surface area contributed by atoms with Gasteiger partial charge in [-0.05, 0) is 13.8 Å². The Hall–Kier alpha value is -1.83. The Kier molecular flexibility index (Phi) is 2.87. The Labute approximate surface area is 82.4 Å². The number of carbonyl (C=O) groups is 1. The molecule has 0 saturated carbocycles. The highest BCUT2D eigenvalue weighted by atomic mass is 16.2. The van der Waals surface area contributed by atoms with Crippen molar-refractivity contribution in [3.63, 3.8) is 0 Å². The van der Waals surface area contributed by atoms with Crippen molar-refractivity contribution in [3.05, 3.63) is 18.7 Å². The van der Waals surface area contributed by atoms with E-state index in [1.54, 1.807) is 20.0 Å². The Balaban J connectivity index is 2.49. The fourth-order valence-electron chi connectivity index (χ4n) is 0.807. The van der Waals surface area contributed by atoms with Gasteiger partial charge in [-0.3, -0.25) is 4.57 Å². The summed E-state index contributed by atoms with van der Waals surface area (Å²) in [7, 11) is 0. The van der Waals surface area contributed by atoms with Crippen molar-refractivity contribution >= 4 is 6.03 Å². The van der Waals surface area contributed by atoms with Crippen molar-refractivity contribution in [1.82, 2.24) is 14.9 Å². The van der Waals surface area contributed by atoms with E-state index in [1.165, 1.54) is 17.1 Å². The fraction of sp³-hybridized carbons (Fsp3) is 0.444. The number of hydrogen-bond acceptors (Lipinski definition) is 3. The molecule has 0 unspecified atom stereocenters. The van der Waals surface area contributed by atoms with E-state index in [1.807, 2.05) is 0 Å². The minimum Gasteiger partial charge on any atom is -0.336 e. The average molecular weight is 192 g/mol. The van der Waals surface area contributed by atoms with Crippen molar-refractivity contribution in [3.8, 4) is 6.07 Å². The lowest BCUT2D eigenvalue weighted by atomic mass is 9.96. The Bertz CT molecular complexity index is 347. The number of nitriles is 1. The Morgan fingerprint density at radius 2 is 2.43 bits per heavy atom. The summed E-state index contributed by atoms with van der Waals surface area (Å²) in [5.41, 5.74) is -0.545. The zero-order valence-corrected chi connectivity index (χ0v) is 8.19. The maximum absolute atomic E-state index is 11.4. The number of hydrogen-bond donors (Lipinski definition) is 1. The van der Waals surface area contributed by atoms with Gasteiger partial charge in [0, 0.05) is 18.9 Å². The van der Waals surface area contributed by atoms with E-state index in [0.717, 1.165) is 0 Å². The number of rotatable bonds is 2. The van der Waals surface area contributed by atoms with E-state index >= 15 is 0 Å². The van der Waals surface area contributed by atoms with Gasteiger partial charge < -0.3 is 5.32 Å². The monoisotopic (exact) mass is 192 g/mol. The molecular weight excluding hydrogens is 180 g/mol. The van der Waals surface area contributed by atoms with Crippen LogP contribution < -0.4 is 5.32 Å². The molecule has 5 heteroatoms. The first-order valence-corrected chi connectivity index (χ1v) is 4.22. The van der Waals surface area contributed by atoms with E-state index < -0.39 is 5.41 Å². The van der Waals surface area contributed by atoms with Crippen LogP contribution in [0.5, 0.6) is 0 Å². The van der Waals surface area contributed by atoms with Crippen LogP contribution in [0.3, 0.4) is 0 Å². The van der Waals surface area contributed by atoms with Crippen LogP contribution in [0.4, 0.5) is 4.79 Å². The van der Waals surface area contributed by atoms with Crippen molar-refractivity contribution in [2.75, 3.05) is 6.54 Å². The molecule has 5 nitrogen and oxygen atoms in total. The van der Waals surface area contributed by atoms with Crippen molar-refractivity contribution in [1.29, 1.82) is 5.26 Å². The maximum atomic E-state index is 11.4. The minimum absolute atomic E-state index is 0.272. The molecule has 0 atom stereocenters. The van der Waals surface area contributed by atoms with Gasteiger partial charge >= 0.3 is 6.03 Å². The first-order chi connectivity index (χ1) is 6.55. The molecule has 0 aliphatic rings. The van der Waals surface area contributed by atoms with E-state index in [2.05, 4.69) is 16.4 Å². The van der Waals surface area contributed by atoms with Gasteiger partial charge in [0.25, 0.3) is 0 Å². The summed E-state index contributed by atoms with van der Waals surface area (Å²) < 4.78 is 1.33. The second-order valence-corrected chi connectivity index (χ2v) is 3.62. The van der Waals surface area contributed by atoms with Gasteiger partial charge in [0.2, 0.25) is 0 Å². The molecular formula is C9H12N4O. The van der Waals surface area contributed by atoms with Crippen LogP contribution in [-0.4, -0.2) is 22.1 Å². The topological polar surface area (TPSA) is 70.7 Å². The number of amides is 1. The number of carbonyl (C=O) groups excluding carboxylic acids is 1. The van der Waals surface area contributed by atoms with E-state index in [-0.39, 0.29) is 6.03 Å². The molecule has 1 amide bonds. The van der Waals surface area contributed by atoms with E-state index in [9.17, 15) is 4.79 Å². The SMILES string of the molecule is CC(C)(C#N)CNC(=O)n1ccnc1. The Morgan fingerprint density at radius 1 is 1.71 bits per heavy atom. The van der Waals surface area contributed by atoms with Gasteiger partial charge in [0.1, 0.15) is 6.33 Å². The Morgan fingerprint density at radius 3 is 2.93 bits per heavy atom. The molecule has 0 spiro atoms. The lowest BCUT2D eigenvalue weighted by Gasteiger charge is -2.15. The van der Waals surface area contributed by atoms with Crippen LogP contribution in [0.2, 0.25) is 0 Å². The van der Waals surface area contributed by atoms with Crippen LogP contribution in [0.1, 0.15) is 13.8 Å². The highest BCUT2D eigenvalue weighted by Crippen LogP contribution is 2.10. The third kappa shape index (κ3) is 2.59. The summed E-state index contributed by atoms with van der Waals surface area (Å²) in [6, 6.07) is 1.83. The molecule has 0 aliphatic heterocycles. The van der Waals surface area contributed by atoms with Gasteiger partial charge in [-0.1, -0.05) is 0 Å². The molecule has 1 heterocycles. The summed E-state index contributed by atoms with van der Waals surface area (Å²) in [5.74, 6) is 0. The van der Waals surface area contributed by atoms with Crippen LogP contribution in [0.15, 0.2) is 18.7 Å².